The first-order chi connectivity index (χ1) is 11.6. The molecule has 1 aromatic carbocycles. The van der Waals surface area contributed by atoms with Crippen LogP contribution >= 0.6 is 0 Å². The average molecular weight is 332 g/mol. The molecule has 1 amide bonds. The number of nitrogens with zero attached hydrogens (tertiary/aromatic N) is 2. The van der Waals surface area contributed by atoms with Crippen LogP contribution in [0.1, 0.15) is 31.9 Å². The normalized spacial score (nSPS) is 15.7. The number of methoxy groups -OCH3 is 2. The number of aryl methyl sites for hydroxylation is 1. The van der Waals surface area contributed by atoms with E-state index in [2.05, 4.69) is 5.16 Å². The summed E-state index contributed by atoms with van der Waals surface area (Å²) in [5.41, 5.74) is 1.60. The van der Waals surface area contributed by atoms with Gasteiger partial charge in [0.25, 0.3) is 0 Å². The molecule has 0 radical (unpaired) electrons. The highest BCUT2D eigenvalue weighted by molar-refractivity contribution is 5.87. The van der Waals surface area contributed by atoms with Crippen molar-refractivity contribution >= 4 is 16.9 Å². The molecule has 130 valence electrons. The lowest BCUT2D eigenvalue weighted by Gasteiger charge is -2.31. The van der Waals surface area contributed by atoms with Gasteiger partial charge in [-0.1, -0.05) is 5.16 Å². The van der Waals surface area contributed by atoms with Gasteiger partial charge in [0, 0.05) is 25.4 Å². The smallest absolute Gasteiger partial charge is 0.219 e. The van der Waals surface area contributed by atoms with E-state index in [4.69, 9.17) is 14.0 Å². The molecule has 1 aliphatic heterocycles. The third kappa shape index (κ3) is 3.18. The van der Waals surface area contributed by atoms with Gasteiger partial charge in [-0.05, 0) is 43.7 Å². The Morgan fingerprint density at radius 2 is 2.04 bits per heavy atom. The second-order valence-electron chi connectivity index (χ2n) is 6.30. The quantitative estimate of drug-likeness (QED) is 0.842. The molecular weight excluding hydrogens is 308 g/mol. The highest BCUT2D eigenvalue weighted by Crippen LogP contribution is 2.37. The number of amides is 1. The summed E-state index contributed by atoms with van der Waals surface area (Å²) in [7, 11) is 3.21. The van der Waals surface area contributed by atoms with E-state index in [0.717, 1.165) is 49.9 Å². The molecule has 0 bridgehead atoms. The van der Waals surface area contributed by atoms with Gasteiger partial charge >= 0.3 is 0 Å². The third-order valence-corrected chi connectivity index (χ3v) is 4.91. The highest BCUT2D eigenvalue weighted by atomic mass is 16.5. The molecule has 0 spiro atoms. The number of carbonyl (C=O) groups is 1. The van der Waals surface area contributed by atoms with Crippen LogP contribution in [0, 0.1) is 5.92 Å². The fourth-order valence-electron chi connectivity index (χ4n) is 3.42. The lowest BCUT2D eigenvalue weighted by Crippen LogP contribution is -2.37. The Morgan fingerprint density at radius 1 is 1.29 bits per heavy atom. The van der Waals surface area contributed by atoms with Crippen LogP contribution < -0.4 is 9.47 Å². The molecule has 3 rings (SSSR count). The minimum Gasteiger partial charge on any atom is -0.493 e. The summed E-state index contributed by atoms with van der Waals surface area (Å²) in [5.74, 6) is 2.04. The van der Waals surface area contributed by atoms with Gasteiger partial charge in [-0.15, -0.1) is 0 Å². The van der Waals surface area contributed by atoms with Crippen molar-refractivity contribution in [2.75, 3.05) is 27.3 Å². The predicted molar refractivity (Wildman–Crippen MR) is 90.4 cm³/mol. The Labute approximate surface area is 141 Å². The van der Waals surface area contributed by atoms with Gasteiger partial charge in [0.15, 0.2) is 5.75 Å². The van der Waals surface area contributed by atoms with E-state index in [0.29, 0.717) is 23.0 Å². The van der Waals surface area contributed by atoms with Crippen molar-refractivity contribution in [2.45, 2.75) is 32.6 Å². The topological polar surface area (TPSA) is 64.8 Å². The van der Waals surface area contributed by atoms with E-state index < -0.39 is 0 Å². The van der Waals surface area contributed by atoms with E-state index in [1.54, 1.807) is 21.1 Å². The van der Waals surface area contributed by atoms with Gasteiger partial charge in [0.1, 0.15) is 0 Å². The highest BCUT2D eigenvalue weighted by Gasteiger charge is 2.22. The maximum Gasteiger partial charge on any atom is 0.219 e. The molecule has 0 saturated carbocycles. The van der Waals surface area contributed by atoms with Gasteiger partial charge in [-0.3, -0.25) is 4.79 Å². The summed E-state index contributed by atoms with van der Waals surface area (Å²) in [6.45, 7) is 3.37. The Hall–Kier alpha value is -2.24. The number of aromatic nitrogens is 1. The standard InChI is InChI=1S/C18H24N2O4/c1-12(21)20-10-8-13(9-11-20)4-6-15-14-5-7-16(22-2)18(23-3)17(14)24-19-15/h5,7,13H,4,6,8-11H2,1-3H3. The molecule has 0 N–H and O–H groups in total. The second kappa shape index (κ2) is 7.11. The van der Waals surface area contributed by atoms with Crippen molar-refractivity contribution in [3.63, 3.8) is 0 Å². The van der Waals surface area contributed by atoms with Crippen LogP contribution in [0.3, 0.4) is 0 Å². The number of fused-ring (bicyclic) bond motifs is 1. The van der Waals surface area contributed by atoms with Gasteiger partial charge in [0.2, 0.25) is 17.2 Å². The molecule has 1 aliphatic rings. The number of hydrogen-bond acceptors (Lipinski definition) is 5. The first-order valence-electron chi connectivity index (χ1n) is 8.38. The molecule has 1 saturated heterocycles. The molecule has 6 nitrogen and oxygen atoms in total. The lowest BCUT2D eigenvalue weighted by molar-refractivity contribution is -0.130. The third-order valence-electron chi connectivity index (χ3n) is 4.91. The van der Waals surface area contributed by atoms with Gasteiger partial charge < -0.3 is 18.9 Å². The van der Waals surface area contributed by atoms with Crippen LogP contribution in [-0.4, -0.2) is 43.3 Å². The lowest BCUT2D eigenvalue weighted by atomic mass is 9.91. The number of piperidine rings is 1. The number of rotatable bonds is 5. The van der Waals surface area contributed by atoms with E-state index in [-0.39, 0.29) is 5.91 Å². The molecule has 0 atom stereocenters. The van der Waals surface area contributed by atoms with Crippen molar-refractivity contribution in [3.05, 3.63) is 17.8 Å². The van der Waals surface area contributed by atoms with Gasteiger partial charge in [-0.2, -0.15) is 0 Å². The number of ether oxygens (including phenoxy) is 2. The van der Waals surface area contributed by atoms with Crippen molar-refractivity contribution < 1.29 is 18.8 Å². The maximum atomic E-state index is 11.4. The molecule has 24 heavy (non-hydrogen) atoms. The Kier molecular flexibility index (Phi) is 4.92. The minimum absolute atomic E-state index is 0.178. The molecule has 1 fully saturated rings. The van der Waals surface area contributed by atoms with E-state index in [9.17, 15) is 4.79 Å². The van der Waals surface area contributed by atoms with Crippen LogP contribution in [0.15, 0.2) is 16.7 Å². The predicted octanol–water partition coefficient (Wildman–Crippen LogP) is 3.04. The van der Waals surface area contributed by atoms with Crippen LogP contribution in [0.25, 0.3) is 11.0 Å². The summed E-state index contributed by atoms with van der Waals surface area (Å²) < 4.78 is 16.2. The molecular formula is C18H24N2O4. The zero-order chi connectivity index (χ0) is 17.1. The van der Waals surface area contributed by atoms with Crippen LogP contribution in [0.5, 0.6) is 11.5 Å². The molecule has 2 heterocycles. The largest absolute Gasteiger partial charge is 0.493 e. The summed E-state index contributed by atoms with van der Waals surface area (Å²) >= 11 is 0. The van der Waals surface area contributed by atoms with Crippen LogP contribution in [0.4, 0.5) is 0 Å². The summed E-state index contributed by atoms with van der Waals surface area (Å²) in [4.78, 5) is 13.3. The first kappa shape index (κ1) is 16.6. The van der Waals surface area contributed by atoms with Gasteiger partial charge in [-0.25, -0.2) is 0 Å². The summed E-state index contributed by atoms with van der Waals surface area (Å²) in [5, 5.41) is 5.21. The van der Waals surface area contributed by atoms with E-state index >= 15 is 0 Å². The van der Waals surface area contributed by atoms with Crippen LogP contribution in [0.2, 0.25) is 0 Å². The number of likely N-dealkylation sites (tertiary alicyclic amines) is 1. The molecule has 2 aromatic rings. The van der Waals surface area contributed by atoms with Crippen molar-refractivity contribution in [3.8, 4) is 11.5 Å². The summed E-state index contributed by atoms with van der Waals surface area (Å²) in [6, 6.07) is 3.86. The van der Waals surface area contributed by atoms with E-state index in [1.807, 2.05) is 17.0 Å². The molecule has 0 unspecified atom stereocenters. The van der Waals surface area contributed by atoms with Crippen molar-refractivity contribution in [1.82, 2.24) is 10.1 Å². The van der Waals surface area contributed by atoms with E-state index in [1.165, 1.54) is 0 Å². The fourth-order valence-corrected chi connectivity index (χ4v) is 3.42. The number of hydrogen-bond donors (Lipinski definition) is 0. The number of benzene rings is 1. The Balaban J connectivity index is 1.67. The first-order valence-corrected chi connectivity index (χ1v) is 8.38. The minimum atomic E-state index is 0.178. The van der Waals surface area contributed by atoms with Gasteiger partial charge in [0.05, 0.1) is 19.9 Å². The SMILES string of the molecule is COc1ccc2c(CCC3CCN(C(C)=O)CC3)noc2c1OC. The number of carbonyl (C=O) groups excluding carboxylic acids is 1. The van der Waals surface area contributed by atoms with Crippen molar-refractivity contribution in [2.24, 2.45) is 5.92 Å². The molecule has 0 aliphatic carbocycles. The maximum absolute atomic E-state index is 11.4. The Morgan fingerprint density at radius 3 is 2.67 bits per heavy atom. The molecule has 1 aromatic heterocycles. The summed E-state index contributed by atoms with van der Waals surface area (Å²) in [6.07, 6.45) is 4.05. The monoisotopic (exact) mass is 332 g/mol. The zero-order valence-electron chi connectivity index (χ0n) is 14.5. The van der Waals surface area contributed by atoms with Crippen molar-refractivity contribution in [1.29, 1.82) is 0 Å². The Bertz CT molecular complexity index is 717. The van der Waals surface area contributed by atoms with Crippen LogP contribution in [-0.2, 0) is 11.2 Å². The second-order valence-corrected chi connectivity index (χ2v) is 6.30. The molecule has 6 heteroatoms. The average Bonchev–Trinajstić information content (AvgIpc) is 3.02. The zero-order valence-corrected chi connectivity index (χ0v) is 14.5. The fraction of sp³-hybridized carbons (Fsp3) is 0.556.